The van der Waals surface area contributed by atoms with Crippen molar-refractivity contribution in [2.75, 3.05) is 66.3 Å². The number of rotatable bonds is 9. The van der Waals surface area contributed by atoms with Crippen molar-refractivity contribution >= 4 is 0 Å². The molecule has 2 aliphatic heterocycles. The zero-order chi connectivity index (χ0) is 19.8. The van der Waals surface area contributed by atoms with Gasteiger partial charge in [0, 0.05) is 32.8 Å². The average molecular weight is 395 g/mol. The highest BCUT2D eigenvalue weighted by Crippen LogP contribution is 2.29. The summed E-state index contributed by atoms with van der Waals surface area (Å²) in [6, 6.07) is 6.00. The monoisotopic (exact) mass is 394 g/mol. The third kappa shape index (κ3) is 6.32. The molecule has 0 bridgehead atoms. The highest BCUT2D eigenvalue weighted by molar-refractivity contribution is 5.43. The number of β-amino-alcohol motifs (C(OH)–C–C–N with tert-alkyl or cyclic N) is 1. The number of piperidine rings is 1. The van der Waals surface area contributed by atoms with E-state index in [-0.39, 0.29) is 6.61 Å². The lowest BCUT2D eigenvalue weighted by atomic mass is 9.97. The van der Waals surface area contributed by atoms with E-state index in [1.165, 1.54) is 5.56 Å². The van der Waals surface area contributed by atoms with Gasteiger partial charge in [0.2, 0.25) is 0 Å². The molecule has 2 aliphatic rings. The van der Waals surface area contributed by atoms with Crippen LogP contribution in [0.1, 0.15) is 18.4 Å². The second kappa shape index (κ2) is 11.0. The fourth-order valence-electron chi connectivity index (χ4n) is 3.84. The van der Waals surface area contributed by atoms with Crippen LogP contribution in [-0.4, -0.2) is 92.4 Å². The Balaban J connectivity index is 1.48. The summed E-state index contributed by atoms with van der Waals surface area (Å²) in [5, 5.41) is 19.5. The molecule has 0 spiro atoms. The van der Waals surface area contributed by atoms with Crippen LogP contribution in [0.3, 0.4) is 0 Å². The third-order valence-electron chi connectivity index (χ3n) is 5.60. The summed E-state index contributed by atoms with van der Waals surface area (Å²) in [6.07, 6.45) is 1.56. The van der Waals surface area contributed by atoms with E-state index in [2.05, 4.69) is 15.9 Å². The molecule has 158 valence electrons. The third-order valence-corrected chi connectivity index (χ3v) is 5.60. The molecule has 1 atom stereocenters. The molecule has 0 saturated carbocycles. The van der Waals surface area contributed by atoms with Crippen molar-refractivity contribution in [3.8, 4) is 11.5 Å². The quantitative estimate of drug-likeness (QED) is 0.646. The first-order valence-electron chi connectivity index (χ1n) is 10.3. The lowest BCUT2D eigenvalue weighted by Crippen LogP contribution is -2.42. The van der Waals surface area contributed by atoms with Gasteiger partial charge in [-0.3, -0.25) is 9.80 Å². The number of ether oxygens (including phenoxy) is 3. The second-order valence-electron chi connectivity index (χ2n) is 7.77. The number of benzene rings is 1. The molecule has 1 aromatic rings. The lowest BCUT2D eigenvalue weighted by Gasteiger charge is -2.31. The number of hydrogen-bond acceptors (Lipinski definition) is 7. The van der Waals surface area contributed by atoms with Crippen LogP contribution < -0.4 is 9.47 Å². The summed E-state index contributed by atoms with van der Waals surface area (Å²) >= 11 is 0. The van der Waals surface area contributed by atoms with E-state index in [0.717, 1.165) is 58.8 Å². The van der Waals surface area contributed by atoms with Crippen molar-refractivity contribution in [3.63, 3.8) is 0 Å². The first-order chi connectivity index (χ1) is 13.7. The predicted octanol–water partition coefficient (Wildman–Crippen LogP) is 0.971. The van der Waals surface area contributed by atoms with Gasteiger partial charge in [-0.2, -0.15) is 0 Å². The standard InChI is InChI=1S/C21H34N2O5/c1-26-21-12-18(13-22-6-4-17(15-24)5-7-22)2-3-20(21)28-16-19(25)14-23-8-10-27-11-9-23/h2-3,12,17,19,24-25H,4-11,13-16H2,1H3. The van der Waals surface area contributed by atoms with Gasteiger partial charge in [-0.15, -0.1) is 0 Å². The molecule has 0 radical (unpaired) electrons. The smallest absolute Gasteiger partial charge is 0.161 e. The van der Waals surface area contributed by atoms with Crippen LogP contribution in [0.2, 0.25) is 0 Å². The van der Waals surface area contributed by atoms with Gasteiger partial charge in [0.1, 0.15) is 12.7 Å². The minimum absolute atomic E-state index is 0.238. The Morgan fingerprint density at radius 1 is 1.11 bits per heavy atom. The Morgan fingerprint density at radius 3 is 2.54 bits per heavy atom. The number of hydrogen-bond donors (Lipinski definition) is 2. The van der Waals surface area contributed by atoms with E-state index in [9.17, 15) is 10.2 Å². The molecule has 28 heavy (non-hydrogen) atoms. The van der Waals surface area contributed by atoms with Crippen molar-refractivity contribution in [3.05, 3.63) is 23.8 Å². The van der Waals surface area contributed by atoms with Gasteiger partial charge in [0.25, 0.3) is 0 Å². The maximum atomic E-state index is 10.3. The van der Waals surface area contributed by atoms with Crippen LogP contribution in [0.15, 0.2) is 18.2 Å². The normalized spacial score (nSPS) is 20.8. The summed E-state index contributed by atoms with van der Waals surface area (Å²) in [5.41, 5.74) is 1.18. The minimum atomic E-state index is -0.546. The van der Waals surface area contributed by atoms with E-state index in [1.54, 1.807) is 7.11 Å². The van der Waals surface area contributed by atoms with Gasteiger partial charge >= 0.3 is 0 Å². The molecule has 2 N–H and O–H groups in total. The number of nitrogens with zero attached hydrogens (tertiary/aromatic N) is 2. The summed E-state index contributed by atoms with van der Waals surface area (Å²) in [7, 11) is 1.64. The number of methoxy groups -OCH3 is 1. The molecule has 2 saturated heterocycles. The molecule has 2 fully saturated rings. The van der Waals surface area contributed by atoms with E-state index < -0.39 is 6.10 Å². The van der Waals surface area contributed by atoms with Gasteiger partial charge in [0.15, 0.2) is 11.5 Å². The Labute approximate surface area is 167 Å². The molecule has 2 heterocycles. The predicted molar refractivity (Wildman–Crippen MR) is 107 cm³/mol. The van der Waals surface area contributed by atoms with Crippen molar-refractivity contribution < 1.29 is 24.4 Å². The molecule has 1 aromatic carbocycles. The van der Waals surface area contributed by atoms with Gasteiger partial charge in [0.05, 0.1) is 20.3 Å². The van der Waals surface area contributed by atoms with Crippen molar-refractivity contribution in [2.45, 2.75) is 25.5 Å². The van der Waals surface area contributed by atoms with E-state index in [1.807, 2.05) is 12.1 Å². The Bertz CT molecular complexity index is 586. The van der Waals surface area contributed by atoms with Crippen molar-refractivity contribution in [2.24, 2.45) is 5.92 Å². The van der Waals surface area contributed by atoms with Crippen LogP contribution in [0.5, 0.6) is 11.5 Å². The summed E-state index contributed by atoms with van der Waals surface area (Å²) in [6.45, 7) is 7.17. The SMILES string of the molecule is COc1cc(CN2CCC(CO)CC2)ccc1OCC(O)CN1CCOCC1. The first-order valence-corrected chi connectivity index (χ1v) is 10.3. The maximum Gasteiger partial charge on any atom is 0.161 e. The molecule has 3 rings (SSSR count). The van der Waals surface area contributed by atoms with Crippen LogP contribution >= 0.6 is 0 Å². The number of likely N-dealkylation sites (tertiary alicyclic amines) is 1. The zero-order valence-corrected chi connectivity index (χ0v) is 16.9. The van der Waals surface area contributed by atoms with Gasteiger partial charge in [-0.25, -0.2) is 0 Å². The topological polar surface area (TPSA) is 74.6 Å². The number of aliphatic hydroxyl groups excluding tert-OH is 2. The van der Waals surface area contributed by atoms with Crippen molar-refractivity contribution in [1.82, 2.24) is 9.80 Å². The summed E-state index contributed by atoms with van der Waals surface area (Å²) < 4.78 is 16.7. The Morgan fingerprint density at radius 2 is 1.86 bits per heavy atom. The largest absolute Gasteiger partial charge is 0.493 e. The lowest BCUT2D eigenvalue weighted by molar-refractivity contribution is 0.00445. The minimum Gasteiger partial charge on any atom is -0.493 e. The summed E-state index contributed by atoms with van der Waals surface area (Å²) in [5.74, 6) is 1.80. The Hall–Kier alpha value is -1.38. The van der Waals surface area contributed by atoms with Crippen LogP contribution in [0, 0.1) is 5.92 Å². The molecular formula is C21H34N2O5. The molecular weight excluding hydrogens is 360 g/mol. The fourth-order valence-corrected chi connectivity index (χ4v) is 3.84. The van der Waals surface area contributed by atoms with Crippen LogP contribution in [0.25, 0.3) is 0 Å². The van der Waals surface area contributed by atoms with Crippen LogP contribution in [0.4, 0.5) is 0 Å². The van der Waals surface area contributed by atoms with E-state index >= 15 is 0 Å². The molecule has 7 nitrogen and oxygen atoms in total. The summed E-state index contributed by atoms with van der Waals surface area (Å²) in [4.78, 5) is 4.60. The average Bonchev–Trinajstić information content (AvgIpc) is 2.74. The van der Waals surface area contributed by atoms with Gasteiger partial charge in [-0.1, -0.05) is 6.07 Å². The van der Waals surface area contributed by atoms with E-state index in [4.69, 9.17) is 14.2 Å². The number of morpholine rings is 1. The number of aliphatic hydroxyl groups is 2. The van der Waals surface area contributed by atoms with Crippen LogP contribution in [-0.2, 0) is 11.3 Å². The van der Waals surface area contributed by atoms with Gasteiger partial charge in [-0.05, 0) is 49.5 Å². The second-order valence-corrected chi connectivity index (χ2v) is 7.77. The maximum absolute atomic E-state index is 10.3. The molecule has 7 heteroatoms. The molecule has 0 aromatic heterocycles. The van der Waals surface area contributed by atoms with E-state index in [0.29, 0.717) is 30.6 Å². The van der Waals surface area contributed by atoms with Crippen molar-refractivity contribution in [1.29, 1.82) is 0 Å². The Kier molecular flexibility index (Phi) is 8.36. The fraction of sp³-hybridized carbons (Fsp3) is 0.714. The highest BCUT2D eigenvalue weighted by Gasteiger charge is 2.19. The molecule has 0 aliphatic carbocycles. The highest BCUT2D eigenvalue weighted by atomic mass is 16.5. The first kappa shape index (κ1) is 21.3. The zero-order valence-electron chi connectivity index (χ0n) is 16.9. The van der Waals surface area contributed by atoms with Gasteiger partial charge < -0.3 is 24.4 Å². The molecule has 0 amide bonds. The molecule has 1 unspecified atom stereocenters.